The van der Waals surface area contributed by atoms with Gasteiger partial charge in [-0.3, -0.25) is 19.0 Å². The molecule has 5 aromatic rings. The number of carbonyl (C=O) groups is 2. The smallest absolute Gasteiger partial charge is 0.296 e. The van der Waals surface area contributed by atoms with Crippen LogP contribution in [0, 0.1) is 11.8 Å². The molecule has 0 spiro atoms. The number of carbonyl (C=O) groups excluding carboxylic acids is 2. The molecule has 0 fully saturated rings. The Labute approximate surface area is 230 Å². The van der Waals surface area contributed by atoms with E-state index in [1.54, 1.807) is 37.3 Å². The van der Waals surface area contributed by atoms with E-state index < -0.39 is 11.5 Å². The van der Waals surface area contributed by atoms with Crippen molar-refractivity contribution in [1.29, 1.82) is 0 Å². The third-order valence-electron chi connectivity index (χ3n) is 6.56. The number of aromatic nitrogens is 4. The molecule has 2 aromatic carbocycles. The molecule has 0 radical (unpaired) electrons. The second-order valence-corrected chi connectivity index (χ2v) is 9.18. The number of nitrogens with one attached hydrogen (secondary N) is 1. The van der Waals surface area contributed by atoms with Crippen LogP contribution in [0.4, 0.5) is 5.82 Å². The summed E-state index contributed by atoms with van der Waals surface area (Å²) < 4.78 is 3.34. The van der Waals surface area contributed by atoms with Gasteiger partial charge in [-0.2, -0.15) is 0 Å². The molecular formula is C31H26N6O3. The first-order valence-electron chi connectivity index (χ1n) is 12.6. The maximum atomic E-state index is 13.6. The third-order valence-corrected chi connectivity index (χ3v) is 6.56. The van der Waals surface area contributed by atoms with Gasteiger partial charge >= 0.3 is 0 Å². The Hall–Kier alpha value is -5.49. The molecule has 0 aliphatic rings. The highest BCUT2D eigenvalue weighted by Gasteiger charge is 2.18. The molecule has 3 N–H and O–H groups in total. The van der Waals surface area contributed by atoms with Gasteiger partial charge in [0.25, 0.3) is 11.5 Å². The Kier molecular flexibility index (Phi) is 7.25. The summed E-state index contributed by atoms with van der Waals surface area (Å²) in [6, 6.07) is 19.7. The fourth-order valence-electron chi connectivity index (χ4n) is 4.65. The van der Waals surface area contributed by atoms with Gasteiger partial charge < -0.3 is 15.6 Å². The second-order valence-electron chi connectivity index (χ2n) is 9.18. The Morgan fingerprint density at radius 2 is 1.75 bits per heavy atom. The summed E-state index contributed by atoms with van der Waals surface area (Å²) in [6.45, 7) is 1.65. The lowest BCUT2D eigenvalue weighted by Gasteiger charge is -2.15. The van der Waals surface area contributed by atoms with Crippen LogP contribution in [0.1, 0.15) is 28.5 Å². The van der Waals surface area contributed by atoms with Crippen molar-refractivity contribution < 1.29 is 9.59 Å². The molecule has 0 atom stereocenters. The number of nitrogens with two attached hydrogens (primary N) is 1. The average Bonchev–Trinajstić information content (AvgIpc) is 3.30. The largest absolute Gasteiger partial charge is 0.383 e. The van der Waals surface area contributed by atoms with Crippen molar-refractivity contribution >= 4 is 28.5 Å². The van der Waals surface area contributed by atoms with Crippen molar-refractivity contribution in [3.05, 3.63) is 106 Å². The van der Waals surface area contributed by atoms with Crippen LogP contribution in [-0.2, 0) is 24.8 Å². The molecule has 0 bridgehead atoms. The highest BCUT2D eigenvalue weighted by atomic mass is 16.2. The zero-order chi connectivity index (χ0) is 28.2. The third kappa shape index (κ3) is 5.11. The Morgan fingerprint density at radius 3 is 2.48 bits per heavy atom. The fraction of sp³-hybridized carbons (Fsp3) is 0.129. The Bertz CT molecular complexity index is 1860. The number of nitrogen functional groups attached to an aromatic ring is 1. The summed E-state index contributed by atoms with van der Waals surface area (Å²) in [5, 5.41) is 3.46. The van der Waals surface area contributed by atoms with Gasteiger partial charge in [-0.05, 0) is 48.2 Å². The van der Waals surface area contributed by atoms with Gasteiger partial charge in [-0.15, -0.1) is 0 Å². The number of anilines is 1. The van der Waals surface area contributed by atoms with Gasteiger partial charge in [0.05, 0.1) is 17.5 Å². The van der Waals surface area contributed by atoms with E-state index in [2.05, 4.69) is 27.1 Å². The van der Waals surface area contributed by atoms with E-state index in [0.29, 0.717) is 17.2 Å². The minimum atomic E-state index is -0.452. The van der Waals surface area contributed by atoms with Gasteiger partial charge in [0.15, 0.2) is 5.78 Å². The number of fused-ring (bicyclic) bond motifs is 1. The monoisotopic (exact) mass is 530 g/mol. The van der Waals surface area contributed by atoms with Crippen LogP contribution in [0.2, 0.25) is 0 Å². The van der Waals surface area contributed by atoms with Crippen LogP contribution in [-0.4, -0.2) is 30.8 Å². The molecule has 3 heterocycles. The van der Waals surface area contributed by atoms with Crippen molar-refractivity contribution in [2.75, 3.05) is 5.73 Å². The molecule has 5 rings (SSSR count). The quantitative estimate of drug-likeness (QED) is 0.245. The standard InChI is InChI=1S/C31H26N6O3/c1-3-7-27(39)33-17-23-14-15-24(31(40)37(23)22-8-5-4-6-9-22)26(38)16-20-10-12-21(13-11-20)25-18-36(2)30-28(25)29(32)34-19-35-30/h4-6,8-15,18-19H,16-17H2,1-2H3,(H,33,39)(H2,32,34,35). The minimum Gasteiger partial charge on any atom is -0.383 e. The Morgan fingerprint density at radius 1 is 1.00 bits per heavy atom. The molecule has 3 aromatic heterocycles. The number of rotatable bonds is 7. The van der Waals surface area contributed by atoms with Crippen molar-refractivity contribution in [2.24, 2.45) is 7.05 Å². The Balaban J connectivity index is 1.43. The number of amides is 1. The maximum Gasteiger partial charge on any atom is 0.296 e. The van der Waals surface area contributed by atoms with Gasteiger partial charge in [0, 0.05) is 36.6 Å². The van der Waals surface area contributed by atoms with E-state index in [1.807, 2.05) is 48.1 Å². The van der Waals surface area contributed by atoms with Gasteiger partial charge in [-0.1, -0.05) is 48.4 Å². The highest BCUT2D eigenvalue weighted by molar-refractivity contribution is 6.01. The van der Waals surface area contributed by atoms with Crippen molar-refractivity contribution in [1.82, 2.24) is 24.4 Å². The van der Waals surface area contributed by atoms with Crippen LogP contribution in [0.3, 0.4) is 0 Å². The predicted molar refractivity (Wildman–Crippen MR) is 154 cm³/mol. The molecule has 9 heteroatoms. The number of hydrogen-bond donors (Lipinski definition) is 2. The number of ketones is 1. The summed E-state index contributed by atoms with van der Waals surface area (Å²) in [5.74, 6) is 4.61. The molecule has 1 amide bonds. The summed E-state index contributed by atoms with van der Waals surface area (Å²) in [6.07, 6.45) is 3.43. The van der Waals surface area contributed by atoms with Crippen molar-refractivity contribution in [2.45, 2.75) is 19.9 Å². The molecule has 9 nitrogen and oxygen atoms in total. The summed E-state index contributed by atoms with van der Waals surface area (Å²) in [7, 11) is 1.89. The van der Waals surface area contributed by atoms with Crippen molar-refractivity contribution in [3.8, 4) is 28.7 Å². The van der Waals surface area contributed by atoms with E-state index >= 15 is 0 Å². The topological polar surface area (TPSA) is 125 Å². The lowest BCUT2D eigenvalue weighted by molar-refractivity contribution is -0.115. The number of benzene rings is 2. The molecular weight excluding hydrogens is 504 g/mol. The zero-order valence-electron chi connectivity index (χ0n) is 22.0. The van der Waals surface area contributed by atoms with Crippen LogP contribution < -0.4 is 16.6 Å². The van der Waals surface area contributed by atoms with Gasteiger partial charge in [0.1, 0.15) is 17.8 Å². The number of pyridine rings is 1. The normalized spacial score (nSPS) is 10.7. The van der Waals surface area contributed by atoms with E-state index in [9.17, 15) is 14.4 Å². The van der Waals surface area contributed by atoms with Crippen molar-refractivity contribution in [3.63, 3.8) is 0 Å². The first-order valence-corrected chi connectivity index (χ1v) is 12.6. The first-order chi connectivity index (χ1) is 19.4. The number of hydrogen-bond acceptors (Lipinski definition) is 6. The fourth-order valence-corrected chi connectivity index (χ4v) is 4.65. The predicted octanol–water partition coefficient (Wildman–Crippen LogP) is 3.43. The SMILES string of the molecule is CC#CC(=O)NCc1ccc(C(=O)Cc2ccc(-c3cn(C)c4ncnc(N)c34)cc2)c(=O)n1-c1ccccc1. The van der Waals surface area contributed by atoms with E-state index in [1.165, 1.54) is 17.0 Å². The molecule has 0 saturated heterocycles. The van der Waals surface area contributed by atoms with E-state index in [0.717, 1.165) is 27.7 Å². The number of Topliss-reactive ketones (excluding diaryl/α,β-unsaturated/α-hetero) is 1. The van der Waals surface area contributed by atoms with Crippen LogP contribution in [0.5, 0.6) is 0 Å². The first kappa shape index (κ1) is 26.1. The van der Waals surface area contributed by atoms with E-state index in [4.69, 9.17) is 5.73 Å². The summed E-state index contributed by atoms with van der Waals surface area (Å²) in [4.78, 5) is 47.2. The molecule has 0 aliphatic carbocycles. The lowest BCUT2D eigenvalue weighted by atomic mass is 10.00. The average molecular weight is 531 g/mol. The van der Waals surface area contributed by atoms with Gasteiger partial charge in [0.2, 0.25) is 0 Å². The summed E-state index contributed by atoms with van der Waals surface area (Å²) in [5.41, 5.74) is 10.2. The molecule has 198 valence electrons. The van der Waals surface area contributed by atoms with Crippen LogP contribution in [0.25, 0.3) is 27.8 Å². The number of nitrogens with zero attached hydrogens (tertiary/aromatic N) is 4. The lowest BCUT2D eigenvalue weighted by Crippen LogP contribution is -2.31. The second kappa shape index (κ2) is 11.1. The van der Waals surface area contributed by atoms with Gasteiger partial charge in [-0.25, -0.2) is 9.97 Å². The molecule has 0 aliphatic heterocycles. The van der Waals surface area contributed by atoms with Crippen LogP contribution in [0.15, 0.2) is 84.0 Å². The number of para-hydroxylation sites is 1. The molecule has 40 heavy (non-hydrogen) atoms. The maximum absolute atomic E-state index is 13.6. The molecule has 0 unspecified atom stereocenters. The number of aryl methyl sites for hydroxylation is 1. The summed E-state index contributed by atoms with van der Waals surface area (Å²) >= 11 is 0. The molecule has 0 saturated carbocycles. The minimum absolute atomic E-state index is 0.0489. The zero-order valence-corrected chi connectivity index (χ0v) is 22.0. The van der Waals surface area contributed by atoms with E-state index in [-0.39, 0.29) is 24.3 Å². The van der Waals surface area contributed by atoms with Crippen LogP contribution >= 0.6 is 0 Å². The highest BCUT2D eigenvalue weighted by Crippen LogP contribution is 2.32.